The molecule has 3 amide bonds. The lowest BCUT2D eigenvalue weighted by Gasteiger charge is -2.17. The van der Waals surface area contributed by atoms with E-state index < -0.39 is 36.3 Å². The first-order valence-electron chi connectivity index (χ1n) is 8.30. The Kier molecular flexibility index (Phi) is 7.30. The Morgan fingerprint density at radius 3 is 2.54 bits per heavy atom. The minimum absolute atomic E-state index is 0.137. The molecule has 1 aromatic rings. The number of aryl methyl sites for hydroxylation is 1. The molecule has 1 fully saturated rings. The molecule has 4 N–H and O–H groups in total. The summed E-state index contributed by atoms with van der Waals surface area (Å²) >= 11 is 6.24. The van der Waals surface area contributed by atoms with Crippen molar-refractivity contribution < 1.29 is 24.3 Å². The molecule has 0 radical (unpaired) electrons. The monoisotopic (exact) mass is 421 g/mol. The molecule has 8 nitrogen and oxygen atoms in total. The van der Waals surface area contributed by atoms with E-state index in [0.717, 1.165) is 27.8 Å². The second-order valence-electron chi connectivity index (χ2n) is 6.14. The molecule has 1 atom stereocenters. The third kappa shape index (κ3) is 5.89. The number of thiocarbonyl (C=S) groups is 1. The lowest BCUT2D eigenvalue weighted by molar-refractivity contribution is -0.142. The standard InChI is InChI=1S/C18H19N3O5S2/c1-10-2-4-11(5-3-10)8-13-16(24)21(18(27)28-13)9-15(23)20-12(17(25)26)6-7-14(19)22/h2-5,8,12H,6-7,9H2,1H3,(H2,19,22)(H,20,23)(H,25,26)/b13-8-. The van der Waals surface area contributed by atoms with Crippen LogP contribution >= 0.6 is 24.0 Å². The predicted molar refractivity (Wildman–Crippen MR) is 109 cm³/mol. The average molecular weight is 422 g/mol. The van der Waals surface area contributed by atoms with Crippen molar-refractivity contribution in [3.05, 3.63) is 40.3 Å². The number of aliphatic carboxylic acids is 1. The van der Waals surface area contributed by atoms with Crippen molar-refractivity contribution >= 4 is 58.1 Å². The molecule has 1 heterocycles. The number of primary amides is 1. The summed E-state index contributed by atoms with van der Waals surface area (Å²) in [6.07, 6.45) is 1.36. The van der Waals surface area contributed by atoms with Crippen LogP contribution in [0.25, 0.3) is 6.08 Å². The van der Waals surface area contributed by atoms with Crippen molar-refractivity contribution in [3.63, 3.8) is 0 Å². The van der Waals surface area contributed by atoms with Crippen LogP contribution < -0.4 is 11.1 Å². The van der Waals surface area contributed by atoms with Crippen LogP contribution in [0.2, 0.25) is 0 Å². The summed E-state index contributed by atoms with van der Waals surface area (Å²) in [7, 11) is 0. The maximum absolute atomic E-state index is 12.5. The lowest BCUT2D eigenvalue weighted by Crippen LogP contribution is -2.46. The third-order valence-electron chi connectivity index (χ3n) is 3.86. The molecule has 1 aliphatic heterocycles. The Bertz CT molecular complexity index is 851. The normalized spacial score (nSPS) is 16.3. The van der Waals surface area contributed by atoms with Gasteiger partial charge in [-0.3, -0.25) is 19.3 Å². The molecule has 0 aromatic heterocycles. The number of amides is 3. The lowest BCUT2D eigenvalue weighted by atomic mass is 10.1. The minimum atomic E-state index is -1.29. The zero-order valence-electron chi connectivity index (χ0n) is 15.0. The van der Waals surface area contributed by atoms with Crippen LogP contribution in [0.1, 0.15) is 24.0 Å². The summed E-state index contributed by atoms with van der Waals surface area (Å²) < 4.78 is 0.211. The Morgan fingerprint density at radius 1 is 1.32 bits per heavy atom. The summed E-state index contributed by atoms with van der Waals surface area (Å²) in [5.74, 6) is -3.07. The Labute approximate surface area is 171 Å². The first-order valence-corrected chi connectivity index (χ1v) is 9.52. The van der Waals surface area contributed by atoms with Crippen LogP contribution in [0.3, 0.4) is 0 Å². The topological polar surface area (TPSA) is 130 Å². The highest BCUT2D eigenvalue weighted by molar-refractivity contribution is 8.26. The number of thioether (sulfide) groups is 1. The van der Waals surface area contributed by atoms with E-state index in [9.17, 15) is 19.2 Å². The second-order valence-corrected chi connectivity index (χ2v) is 7.82. The van der Waals surface area contributed by atoms with Crippen LogP contribution in [-0.2, 0) is 19.2 Å². The number of carbonyl (C=O) groups excluding carboxylic acids is 3. The molecule has 148 valence electrons. The summed E-state index contributed by atoms with van der Waals surface area (Å²) in [5.41, 5.74) is 6.92. The number of benzene rings is 1. The van der Waals surface area contributed by atoms with Gasteiger partial charge in [0, 0.05) is 6.42 Å². The van der Waals surface area contributed by atoms with Gasteiger partial charge in [0.05, 0.1) is 4.91 Å². The SMILES string of the molecule is Cc1ccc(/C=C2\SC(=S)N(CC(=O)NC(CCC(N)=O)C(=O)O)C2=O)cc1. The molecule has 2 rings (SSSR count). The largest absolute Gasteiger partial charge is 0.480 e. The number of carboxylic acid groups (broad SMARTS) is 1. The van der Waals surface area contributed by atoms with Crippen molar-refractivity contribution in [2.45, 2.75) is 25.8 Å². The maximum atomic E-state index is 12.5. The number of nitrogens with one attached hydrogen (secondary N) is 1. The van der Waals surface area contributed by atoms with Crippen molar-refractivity contribution in [2.75, 3.05) is 6.54 Å². The number of hydrogen-bond acceptors (Lipinski definition) is 6. The predicted octanol–water partition coefficient (Wildman–Crippen LogP) is 1.03. The van der Waals surface area contributed by atoms with E-state index in [1.54, 1.807) is 6.08 Å². The van der Waals surface area contributed by atoms with Crippen LogP contribution in [0.5, 0.6) is 0 Å². The van der Waals surface area contributed by atoms with Gasteiger partial charge in [-0.05, 0) is 25.0 Å². The number of nitrogens with zero attached hydrogens (tertiary/aromatic N) is 1. The van der Waals surface area contributed by atoms with Crippen LogP contribution in [0, 0.1) is 6.92 Å². The molecule has 0 saturated carbocycles. The van der Waals surface area contributed by atoms with Crippen molar-refractivity contribution in [2.24, 2.45) is 5.73 Å². The molecule has 0 bridgehead atoms. The summed E-state index contributed by atoms with van der Waals surface area (Å²) in [6.45, 7) is 1.55. The first-order chi connectivity index (χ1) is 13.2. The van der Waals surface area contributed by atoms with Gasteiger partial charge in [-0.25, -0.2) is 4.79 Å². The van der Waals surface area contributed by atoms with Gasteiger partial charge in [0.1, 0.15) is 16.9 Å². The summed E-state index contributed by atoms with van der Waals surface area (Å²) in [5, 5.41) is 11.4. The van der Waals surface area contributed by atoms with Gasteiger partial charge >= 0.3 is 5.97 Å². The van der Waals surface area contributed by atoms with Crippen LogP contribution in [0.15, 0.2) is 29.2 Å². The number of nitrogens with two attached hydrogens (primary N) is 1. The highest BCUT2D eigenvalue weighted by Gasteiger charge is 2.34. The summed E-state index contributed by atoms with van der Waals surface area (Å²) in [4.78, 5) is 48.2. The van der Waals surface area contributed by atoms with Crippen molar-refractivity contribution in [1.82, 2.24) is 10.2 Å². The maximum Gasteiger partial charge on any atom is 0.326 e. The van der Waals surface area contributed by atoms with Gasteiger partial charge in [0.15, 0.2) is 0 Å². The van der Waals surface area contributed by atoms with Gasteiger partial charge in [-0.15, -0.1) is 0 Å². The summed E-state index contributed by atoms with van der Waals surface area (Å²) in [6, 6.07) is 6.28. The van der Waals surface area contributed by atoms with Gasteiger partial charge in [0.2, 0.25) is 11.8 Å². The number of rotatable bonds is 8. The Morgan fingerprint density at radius 2 is 1.96 bits per heavy atom. The quantitative estimate of drug-likeness (QED) is 0.422. The molecule has 1 aromatic carbocycles. The fourth-order valence-corrected chi connectivity index (χ4v) is 3.63. The van der Waals surface area contributed by atoms with Crippen molar-refractivity contribution in [3.8, 4) is 0 Å². The fraction of sp³-hybridized carbons (Fsp3) is 0.278. The van der Waals surface area contributed by atoms with E-state index in [4.69, 9.17) is 23.1 Å². The van der Waals surface area contributed by atoms with E-state index >= 15 is 0 Å². The zero-order valence-corrected chi connectivity index (χ0v) is 16.6. The van der Waals surface area contributed by atoms with Crippen LogP contribution in [-0.4, -0.2) is 50.6 Å². The molecule has 0 aliphatic carbocycles. The number of carbonyl (C=O) groups is 4. The van der Waals surface area contributed by atoms with E-state index in [2.05, 4.69) is 5.32 Å². The molecule has 1 aliphatic rings. The van der Waals surface area contributed by atoms with Gasteiger partial charge in [-0.1, -0.05) is 53.8 Å². The molecule has 1 unspecified atom stereocenters. The molecular weight excluding hydrogens is 402 g/mol. The highest BCUT2D eigenvalue weighted by atomic mass is 32.2. The first kappa shape index (κ1) is 21.6. The zero-order chi connectivity index (χ0) is 20.8. The van der Waals surface area contributed by atoms with Crippen LogP contribution in [0.4, 0.5) is 0 Å². The highest BCUT2D eigenvalue weighted by Crippen LogP contribution is 2.32. The van der Waals surface area contributed by atoms with Gasteiger partial charge in [-0.2, -0.15) is 0 Å². The van der Waals surface area contributed by atoms with E-state index in [1.807, 2.05) is 31.2 Å². The average Bonchev–Trinajstić information content (AvgIpc) is 2.87. The molecule has 1 saturated heterocycles. The number of hydrogen-bond donors (Lipinski definition) is 3. The van der Waals surface area contributed by atoms with E-state index in [0.29, 0.717) is 4.91 Å². The molecule has 10 heteroatoms. The van der Waals surface area contributed by atoms with Gasteiger partial charge < -0.3 is 16.2 Å². The smallest absolute Gasteiger partial charge is 0.326 e. The Hall–Kier alpha value is -2.72. The molecule has 0 spiro atoms. The van der Waals surface area contributed by atoms with E-state index in [1.165, 1.54) is 0 Å². The van der Waals surface area contributed by atoms with E-state index in [-0.39, 0.29) is 17.2 Å². The van der Waals surface area contributed by atoms with Gasteiger partial charge in [0.25, 0.3) is 5.91 Å². The minimum Gasteiger partial charge on any atom is -0.480 e. The second kappa shape index (κ2) is 9.47. The van der Waals surface area contributed by atoms with Crippen molar-refractivity contribution in [1.29, 1.82) is 0 Å². The number of carboxylic acids is 1. The molecular formula is C18H19N3O5S2. The molecule has 28 heavy (non-hydrogen) atoms. The Balaban J connectivity index is 2.02. The fourth-order valence-electron chi connectivity index (χ4n) is 2.38. The third-order valence-corrected chi connectivity index (χ3v) is 5.24.